The number of carbonyl (C=O) groups is 1. The summed E-state index contributed by atoms with van der Waals surface area (Å²) in [6.07, 6.45) is 4.72. The molecule has 0 unspecified atom stereocenters. The molecule has 128 valence electrons. The lowest BCUT2D eigenvalue weighted by Crippen LogP contribution is -2.87. The van der Waals surface area contributed by atoms with Gasteiger partial charge in [-0.3, -0.25) is 4.79 Å². The van der Waals surface area contributed by atoms with Gasteiger partial charge in [0, 0.05) is 11.6 Å². The summed E-state index contributed by atoms with van der Waals surface area (Å²) in [4.78, 5) is 13.7. The number of nitrogens with one attached hydrogen (secondary N) is 1. The summed E-state index contributed by atoms with van der Waals surface area (Å²) in [5.74, 6) is 0.970. The van der Waals surface area contributed by atoms with E-state index in [4.69, 9.17) is 0 Å². The van der Waals surface area contributed by atoms with Crippen molar-refractivity contribution in [2.45, 2.75) is 44.7 Å². The molecule has 1 atom stereocenters. The van der Waals surface area contributed by atoms with Gasteiger partial charge in [0.25, 0.3) is 5.91 Å². The van der Waals surface area contributed by atoms with Gasteiger partial charge in [-0.05, 0) is 43.0 Å². The van der Waals surface area contributed by atoms with Crippen LogP contribution in [0.5, 0.6) is 0 Å². The highest BCUT2D eigenvalue weighted by Gasteiger charge is 2.23. The Morgan fingerprint density at radius 2 is 1.92 bits per heavy atom. The van der Waals surface area contributed by atoms with E-state index in [2.05, 4.69) is 59.3 Å². The number of rotatable bonds is 6. The molecule has 1 aliphatic carbocycles. The zero-order chi connectivity index (χ0) is 16.8. The van der Waals surface area contributed by atoms with Crippen LogP contribution in [0.25, 0.3) is 0 Å². The van der Waals surface area contributed by atoms with Crippen molar-refractivity contribution in [3.8, 4) is 0 Å². The normalized spacial score (nSPS) is 22.0. The molecule has 1 aliphatic rings. The van der Waals surface area contributed by atoms with Crippen molar-refractivity contribution >= 4 is 17.2 Å². The molecule has 0 bridgehead atoms. The molecule has 3 N–H and O–H groups in total. The fourth-order valence-corrected chi connectivity index (χ4v) is 4.31. The second-order valence-corrected chi connectivity index (χ2v) is 7.85. The van der Waals surface area contributed by atoms with Gasteiger partial charge in [-0.2, -0.15) is 0 Å². The molecule has 1 amide bonds. The summed E-state index contributed by atoms with van der Waals surface area (Å²) in [5, 5.41) is 7.48. The predicted octanol–water partition coefficient (Wildman–Crippen LogP) is 3.10. The van der Waals surface area contributed by atoms with Crippen LogP contribution in [0.4, 0.5) is 0 Å². The van der Waals surface area contributed by atoms with E-state index < -0.39 is 0 Å². The van der Waals surface area contributed by atoms with E-state index in [9.17, 15) is 4.79 Å². The Morgan fingerprint density at radius 1 is 1.17 bits per heavy atom. The van der Waals surface area contributed by atoms with Crippen molar-refractivity contribution in [1.29, 1.82) is 0 Å². The number of carbonyl (C=O) groups excluding carboxylic acids is 1. The van der Waals surface area contributed by atoms with Gasteiger partial charge in [0.1, 0.15) is 6.04 Å². The minimum atomic E-state index is 0.159. The molecular formula is C20H27N2OS+. The van der Waals surface area contributed by atoms with Crippen molar-refractivity contribution in [1.82, 2.24) is 5.32 Å². The van der Waals surface area contributed by atoms with Gasteiger partial charge in [-0.1, -0.05) is 43.3 Å². The van der Waals surface area contributed by atoms with Crippen LogP contribution >= 0.6 is 11.3 Å². The van der Waals surface area contributed by atoms with Gasteiger partial charge in [-0.25, -0.2) is 0 Å². The van der Waals surface area contributed by atoms with Gasteiger partial charge >= 0.3 is 0 Å². The molecule has 2 aromatic rings. The number of amides is 1. The van der Waals surface area contributed by atoms with Crippen molar-refractivity contribution in [3.05, 3.63) is 58.3 Å². The summed E-state index contributed by atoms with van der Waals surface area (Å²) >= 11 is 1.75. The monoisotopic (exact) mass is 343 g/mol. The fourth-order valence-electron chi connectivity index (χ4n) is 3.46. The lowest BCUT2D eigenvalue weighted by atomic mass is 9.87. The number of nitrogens with two attached hydrogens (primary N) is 1. The van der Waals surface area contributed by atoms with Crippen LogP contribution in [0, 0.1) is 5.92 Å². The third-order valence-corrected chi connectivity index (χ3v) is 5.88. The lowest BCUT2D eigenvalue weighted by molar-refractivity contribution is -0.676. The highest BCUT2D eigenvalue weighted by Crippen LogP contribution is 2.24. The molecule has 0 saturated heterocycles. The van der Waals surface area contributed by atoms with Gasteiger partial charge < -0.3 is 10.6 Å². The maximum atomic E-state index is 12.4. The standard InChI is InChI=1S/C20H26N2OS/c1-15-9-11-17(12-10-15)22-19(23)14-21-20(18-8-5-13-24-18)16-6-3-2-4-7-16/h2-8,13,15,17,20-21H,9-12,14H2,1H3,(H,22,23)/p+1/t15?,17?,20-/m0/s1. The Balaban J connectivity index is 1.57. The first-order valence-corrected chi connectivity index (χ1v) is 9.81. The average molecular weight is 344 g/mol. The molecule has 3 rings (SSSR count). The molecule has 4 heteroatoms. The highest BCUT2D eigenvalue weighted by atomic mass is 32.1. The third kappa shape index (κ3) is 4.68. The zero-order valence-corrected chi connectivity index (χ0v) is 15.1. The minimum absolute atomic E-state index is 0.159. The van der Waals surface area contributed by atoms with Gasteiger partial charge in [0.2, 0.25) is 0 Å². The lowest BCUT2D eigenvalue weighted by Gasteiger charge is -2.26. The highest BCUT2D eigenvalue weighted by molar-refractivity contribution is 7.10. The third-order valence-electron chi connectivity index (χ3n) is 4.93. The van der Waals surface area contributed by atoms with Gasteiger partial charge in [-0.15, -0.1) is 11.3 Å². The van der Waals surface area contributed by atoms with Crippen LogP contribution in [-0.2, 0) is 4.79 Å². The van der Waals surface area contributed by atoms with Crippen molar-refractivity contribution < 1.29 is 10.1 Å². The summed E-state index contributed by atoms with van der Waals surface area (Å²) in [6, 6.07) is 15.2. The van der Waals surface area contributed by atoms with Crippen molar-refractivity contribution in [2.24, 2.45) is 5.92 Å². The Bertz CT molecular complexity index is 618. The summed E-state index contributed by atoms with van der Waals surface area (Å²) in [6.45, 7) is 2.78. The molecule has 24 heavy (non-hydrogen) atoms. The van der Waals surface area contributed by atoms with Gasteiger partial charge in [0.15, 0.2) is 6.54 Å². The van der Waals surface area contributed by atoms with E-state index in [1.807, 2.05) is 6.07 Å². The smallest absolute Gasteiger partial charge is 0.275 e. The molecule has 0 spiro atoms. The van der Waals surface area contributed by atoms with Crippen LogP contribution in [-0.4, -0.2) is 18.5 Å². The van der Waals surface area contributed by atoms with E-state index in [0.717, 1.165) is 18.8 Å². The van der Waals surface area contributed by atoms with E-state index >= 15 is 0 Å². The molecule has 0 radical (unpaired) electrons. The summed E-state index contributed by atoms with van der Waals surface area (Å²) < 4.78 is 0. The molecule has 1 fully saturated rings. The van der Waals surface area contributed by atoms with Gasteiger partial charge in [0.05, 0.1) is 4.88 Å². The molecule has 0 aliphatic heterocycles. The first kappa shape index (κ1) is 17.2. The first-order chi connectivity index (χ1) is 11.7. The van der Waals surface area contributed by atoms with Crippen LogP contribution in [0.15, 0.2) is 47.8 Å². The Labute approximate surface area is 148 Å². The van der Waals surface area contributed by atoms with Crippen molar-refractivity contribution in [3.63, 3.8) is 0 Å². The molecule has 1 heterocycles. The minimum Gasteiger partial charge on any atom is -0.348 e. The Kier molecular flexibility index (Phi) is 6.05. The molecule has 3 nitrogen and oxygen atoms in total. The van der Waals surface area contributed by atoms with E-state index in [1.165, 1.54) is 23.3 Å². The Morgan fingerprint density at radius 3 is 2.58 bits per heavy atom. The summed E-state index contributed by atoms with van der Waals surface area (Å²) in [5.41, 5.74) is 1.25. The number of thiophene rings is 1. The maximum Gasteiger partial charge on any atom is 0.275 e. The second-order valence-electron chi connectivity index (χ2n) is 6.87. The van der Waals surface area contributed by atoms with Crippen LogP contribution < -0.4 is 10.6 Å². The van der Waals surface area contributed by atoms with Crippen LogP contribution in [0.1, 0.15) is 49.1 Å². The predicted molar refractivity (Wildman–Crippen MR) is 99.0 cm³/mol. The van der Waals surface area contributed by atoms with Crippen LogP contribution in [0.3, 0.4) is 0 Å². The second kappa shape index (κ2) is 8.45. The average Bonchev–Trinajstić information content (AvgIpc) is 3.12. The summed E-state index contributed by atoms with van der Waals surface area (Å²) in [7, 11) is 0. The largest absolute Gasteiger partial charge is 0.348 e. The fraction of sp³-hybridized carbons (Fsp3) is 0.450. The topological polar surface area (TPSA) is 45.7 Å². The van der Waals surface area contributed by atoms with E-state index in [-0.39, 0.29) is 11.9 Å². The number of hydrogen-bond donors (Lipinski definition) is 2. The first-order valence-electron chi connectivity index (χ1n) is 8.93. The van der Waals surface area contributed by atoms with E-state index in [0.29, 0.717) is 12.6 Å². The maximum absolute atomic E-state index is 12.4. The number of hydrogen-bond acceptors (Lipinski definition) is 2. The quantitative estimate of drug-likeness (QED) is 0.832. The SMILES string of the molecule is CC1CCC(NC(=O)C[NH2+][C@@H](c2ccccc2)c2cccs2)CC1. The molecule has 1 aromatic heterocycles. The molecule has 1 saturated carbocycles. The molecular weight excluding hydrogens is 316 g/mol. The van der Waals surface area contributed by atoms with Crippen LogP contribution in [0.2, 0.25) is 0 Å². The molecule has 1 aromatic carbocycles. The van der Waals surface area contributed by atoms with E-state index in [1.54, 1.807) is 11.3 Å². The number of benzene rings is 1. The number of quaternary nitrogens is 1. The van der Waals surface area contributed by atoms with Crippen molar-refractivity contribution in [2.75, 3.05) is 6.54 Å². The zero-order valence-electron chi connectivity index (χ0n) is 14.3. The Hall–Kier alpha value is -1.65.